The highest BCUT2D eigenvalue weighted by Crippen LogP contribution is 2.37. The van der Waals surface area contributed by atoms with E-state index in [9.17, 15) is 13.5 Å². The average Bonchev–Trinajstić information content (AvgIpc) is 3.50. The summed E-state index contributed by atoms with van der Waals surface area (Å²) in [6.45, 7) is 5.77. The Bertz CT molecular complexity index is 955. The molecule has 33 heavy (non-hydrogen) atoms. The molecule has 1 aliphatic heterocycles. The Labute approximate surface area is 199 Å². The number of ether oxygens (including phenoxy) is 1. The molecule has 1 saturated carbocycles. The molecule has 6 nitrogen and oxygen atoms in total. The van der Waals surface area contributed by atoms with Gasteiger partial charge < -0.3 is 14.7 Å². The number of rotatable bonds is 7. The van der Waals surface area contributed by atoms with E-state index in [2.05, 4.69) is 24.9 Å². The van der Waals surface area contributed by atoms with Crippen molar-refractivity contribution in [3.8, 4) is 5.75 Å². The van der Waals surface area contributed by atoms with Crippen LogP contribution in [0.5, 0.6) is 5.75 Å². The lowest BCUT2D eigenvalue weighted by Gasteiger charge is -2.38. The third kappa shape index (κ3) is 5.47. The molecule has 3 atom stereocenters. The lowest BCUT2D eigenvalue weighted by Crippen LogP contribution is -2.49. The van der Waals surface area contributed by atoms with Gasteiger partial charge in [0.05, 0.1) is 6.61 Å². The normalized spacial score (nSPS) is 27.0. The van der Waals surface area contributed by atoms with Gasteiger partial charge in [0, 0.05) is 31.6 Å². The minimum atomic E-state index is -3.78. The molecule has 0 unspecified atom stereocenters. The van der Waals surface area contributed by atoms with Crippen molar-refractivity contribution in [1.29, 1.82) is 0 Å². The van der Waals surface area contributed by atoms with Crippen molar-refractivity contribution in [2.24, 2.45) is 11.8 Å². The first-order valence-corrected chi connectivity index (χ1v) is 14.0. The Kier molecular flexibility index (Phi) is 7.83. The molecule has 0 radical (unpaired) electrons. The minimum absolute atomic E-state index is 0.0118. The number of sulfonamides is 1. The van der Waals surface area contributed by atoms with Crippen molar-refractivity contribution in [2.45, 2.75) is 75.8 Å². The second-order valence-corrected chi connectivity index (χ2v) is 12.3. The van der Waals surface area contributed by atoms with Crippen molar-refractivity contribution in [2.75, 3.05) is 33.3 Å². The Balaban J connectivity index is 1.67. The average molecular weight is 477 g/mol. The van der Waals surface area contributed by atoms with Gasteiger partial charge in [-0.15, -0.1) is 0 Å². The largest absolute Gasteiger partial charge is 0.487 e. The quantitative estimate of drug-likeness (QED) is 0.640. The summed E-state index contributed by atoms with van der Waals surface area (Å²) in [4.78, 5) is 2.57. The summed E-state index contributed by atoms with van der Waals surface area (Å²) in [5.74, 6) is 1.18. The molecule has 1 fully saturated rings. The Morgan fingerprint density at radius 1 is 1.21 bits per heavy atom. The molecule has 184 valence electrons. The SMILES string of the molecule is C[C@@H]1CN([C@H](C)CO)S(=O)(=O)c2ccc(C3=CCCC3)cc2O[C@H]1CN(C)CC1CCCC1. The summed E-state index contributed by atoms with van der Waals surface area (Å²) in [6, 6.07) is 5.04. The summed E-state index contributed by atoms with van der Waals surface area (Å²) in [7, 11) is -1.63. The zero-order valence-corrected chi connectivity index (χ0v) is 21.2. The van der Waals surface area contributed by atoms with E-state index in [1.807, 2.05) is 12.1 Å². The van der Waals surface area contributed by atoms with Gasteiger partial charge in [0.15, 0.2) is 0 Å². The molecule has 4 rings (SSSR count). The molecule has 7 heteroatoms. The molecule has 1 heterocycles. The number of aliphatic hydroxyl groups excluding tert-OH is 1. The van der Waals surface area contributed by atoms with E-state index in [0.29, 0.717) is 12.3 Å². The molecule has 1 aromatic rings. The molecule has 0 aromatic heterocycles. The lowest BCUT2D eigenvalue weighted by atomic mass is 10.0. The van der Waals surface area contributed by atoms with Crippen LogP contribution in [-0.4, -0.2) is 68.2 Å². The number of allylic oxidation sites excluding steroid dienone is 2. The maximum Gasteiger partial charge on any atom is 0.247 e. The van der Waals surface area contributed by atoms with E-state index in [0.717, 1.165) is 43.8 Å². The first kappa shape index (κ1) is 24.7. The van der Waals surface area contributed by atoms with Crippen LogP contribution in [0.4, 0.5) is 0 Å². The zero-order chi connectivity index (χ0) is 23.6. The molecule has 3 aliphatic rings. The monoisotopic (exact) mass is 476 g/mol. The van der Waals surface area contributed by atoms with E-state index >= 15 is 0 Å². The zero-order valence-electron chi connectivity index (χ0n) is 20.4. The molecular weight excluding hydrogens is 436 g/mol. The number of hydrogen-bond donors (Lipinski definition) is 1. The van der Waals surface area contributed by atoms with E-state index in [1.54, 1.807) is 13.0 Å². The summed E-state index contributed by atoms with van der Waals surface area (Å²) in [5.41, 5.74) is 2.32. The summed E-state index contributed by atoms with van der Waals surface area (Å²) >= 11 is 0. The molecule has 1 N–H and O–H groups in total. The number of likely N-dealkylation sites (N-methyl/N-ethyl adjacent to an activating group) is 1. The highest BCUT2D eigenvalue weighted by atomic mass is 32.2. The standard InChI is InChI=1S/C26H40N2O4S/c1-19-15-28(20(2)18-29)33(30,31)26-13-12-23(22-10-6-7-11-22)14-24(26)32-25(19)17-27(3)16-21-8-4-5-9-21/h10,12-14,19-21,25,29H,4-9,11,15-18H2,1-3H3/t19-,20-,25+/m1/s1. The topological polar surface area (TPSA) is 70.1 Å². The Morgan fingerprint density at radius 3 is 2.64 bits per heavy atom. The van der Waals surface area contributed by atoms with Crippen LogP contribution in [-0.2, 0) is 10.0 Å². The van der Waals surface area contributed by atoms with Crippen molar-refractivity contribution >= 4 is 15.6 Å². The van der Waals surface area contributed by atoms with E-state index < -0.39 is 16.1 Å². The second kappa shape index (κ2) is 10.5. The second-order valence-electron chi connectivity index (χ2n) is 10.4. The maximum atomic E-state index is 13.6. The van der Waals surface area contributed by atoms with Gasteiger partial charge in [-0.2, -0.15) is 4.31 Å². The molecule has 2 aliphatic carbocycles. The van der Waals surface area contributed by atoms with Crippen LogP contribution in [0, 0.1) is 11.8 Å². The molecule has 0 spiro atoms. The van der Waals surface area contributed by atoms with Crippen LogP contribution in [0.3, 0.4) is 0 Å². The number of benzene rings is 1. The minimum Gasteiger partial charge on any atom is -0.487 e. The fraction of sp³-hybridized carbons (Fsp3) is 0.692. The highest BCUT2D eigenvalue weighted by molar-refractivity contribution is 7.89. The predicted molar refractivity (Wildman–Crippen MR) is 132 cm³/mol. The van der Waals surface area contributed by atoms with Crippen LogP contribution in [0.25, 0.3) is 5.57 Å². The smallest absolute Gasteiger partial charge is 0.247 e. The van der Waals surface area contributed by atoms with Gasteiger partial charge in [-0.1, -0.05) is 31.9 Å². The molecule has 0 saturated heterocycles. The van der Waals surface area contributed by atoms with Crippen LogP contribution in [0.1, 0.15) is 64.4 Å². The lowest BCUT2D eigenvalue weighted by molar-refractivity contribution is 0.0712. The van der Waals surface area contributed by atoms with Gasteiger partial charge in [-0.05, 0) is 75.3 Å². The highest BCUT2D eigenvalue weighted by Gasteiger charge is 2.38. The number of fused-ring (bicyclic) bond motifs is 1. The van der Waals surface area contributed by atoms with Crippen LogP contribution in [0.15, 0.2) is 29.2 Å². The van der Waals surface area contributed by atoms with Crippen LogP contribution >= 0.6 is 0 Å². The third-order valence-corrected chi connectivity index (χ3v) is 9.63. The summed E-state index contributed by atoms with van der Waals surface area (Å²) in [6.07, 6.45) is 10.6. The first-order chi connectivity index (χ1) is 15.8. The van der Waals surface area contributed by atoms with Crippen LogP contribution in [0.2, 0.25) is 0 Å². The van der Waals surface area contributed by atoms with Gasteiger partial charge >= 0.3 is 0 Å². The molecular formula is C26H40N2O4S. The first-order valence-electron chi connectivity index (χ1n) is 12.6. The fourth-order valence-corrected chi connectivity index (χ4v) is 7.42. The van der Waals surface area contributed by atoms with E-state index in [4.69, 9.17) is 4.74 Å². The van der Waals surface area contributed by atoms with Crippen molar-refractivity contribution in [3.63, 3.8) is 0 Å². The van der Waals surface area contributed by atoms with E-state index in [-0.39, 0.29) is 23.5 Å². The molecule has 1 aromatic carbocycles. The number of nitrogens with zero attached hydrogens (tertiary/aromatic N) is 2. The number of hydrogen-bond acceptors (Lipinski definition) is 5. The summed E-state index contributed by atoms with van der Waals surface area (Å²) < 4.78 is 35.3. The predicted octanol–water partition coefficient (Wildman–Crippen LogP) is 4.14. The number of aliphatic hydroxyl groups is 1. The van der Waals surface area contributed by atoms with Crippen molar-refractivity contribution in [3.05, 3.63) is 29.8 Å². The van der Waals surface area contributed by atoms with Gasteiger partial charge in [-0.25, -0.2) is 8.42 Å². The van der Waals surface area contributed by atoms with Crippen LogP contribution < -0.4 is 4.74 Å². The van der Waals surface area contributed by atoms with Gasteiger partial charge in [0.25, 0.3) is 0 Å². The van der Waals surface area contributed by atoms with Crippen molar-refractivity contribution in [1.82, 2.24) is 9.21 Å². The van der Waals surface area contributed by atoms with Gasteiger partial charge in [0.1, 0.15) is 16.7 Å². The Morgan fingerprint density at radius 2 is 1.97 bits per heavy atom. The maximum absolute atomic E-state index is 13.6. The van der Waals surface area contributed by atoms with Gasteiger partial charge in [0.2, 0.25) is 10.0 Å². The summed E-state index contributed by atoms with van der Waals surface area (Å²) in [5, 5.41) is 9.82. The van der Waals surface area contributed by atoms with Crippen molar-refractivity contribution < 1.29 is 18.3 Å². The van der Waals surface area contributed by atoms with E-state index in [1.165, 1.54) is 35.6 Å². The molecule has 0 bridgehead atoms. The third-order valence-electron chi connectivity index (χ3n) is 7.62. The Hall–Kier alpha value is -1.41. The molecule has 0 amide bonds. The van der Waals surface area contributed by atoms with Gasteiger partial charge in [-0.3, -0.25) is 0 Å². The fourth-order valence-electron chi connectivity index (χ4n) is 5.59.